The molecule has 0 saturated heterocycles. The number of carboxylic acids is 1. The molecule has 2 heterocycles. The highest BCUT2D eigenvalue weighted by atomic mass is 32.1. The van der Waals surface area contributed by atoms with Crippen LogP contribution in [0.25, 0.3) is 21.6 Å². The molecule has 0 spiro atoms. The molecule has 0 aliphatic carbocycles. The van der Waals surface area contributed by atoms with E-state index in [4.69, 9.17) is 9.47 Å². The summed E-state index contributed by atoms with van der Waals surface area (Å²) in [5, 5.41) is 9.99. The zero-order chi connectivity index (χ0) is 23.3. The van der Waals surface area contributed by atoms with Crippen LogP contribution >= 0.6 is 11.3 Å². The molecule has 1 N–H and O–H groups in total. The van der Waals surface area contributed by atoms with Crippen molar-refractivity contribution in [1.29, 1.82) is 0 Å². The third-order valence-corrected chi connectivity index (χ3v) is 6.20. The molecule has 0 fully saturated rings. The van der Waals surface area contributed by atoms with Gasteiger partial charge in [-0.1, -0.05) is 50.2 Å². The summed E-state index contributed by atoms with van der Waals surface area (Å²) in [7, 11) is 0. The number of rotatable bonds is 5. The third-order valence-electron chi connectivity index (χ3n) is 4.97. The minimum atomic E-state index is -1.03. The van der Waals surface area contributed by atoms with Crippen molar-refractivity contribution >= 4 is 17.3 Å². The molecule has 1 aromatic heterocycles. The molecule has 0 radical (unpaired) electrons. The molecule has 1 atom stereocenters. The second kappa shape index (κ2) is 10.3. The summed E-state index contributed by atoms with van der Waals surface area (Å²) >= 11 is 1.48. The Morgan fingerprint density at radius 3 is 2.44 bits per heavy atom. The van der Waals surface area contributed by atoms with Crippen molar-refractivity contribution in [2.75, 3.05) is 6.61 Å². The molecular weight excluding hydrogens is 420 g/mol. The van der Waals surface area contributed by atoms with Crippen molar-refractivity contribution in [2.24, 2.45) is 0 Å². The summed E-state index contributed by atoms with van der Waals surface area (Å²) in [6.07, 6.45) is 0.928. The first-order chi connectivity index (χ1) is 15.3. The molecule has 170 valence electrons. The molecule has 2 aromatic carbocycles. The van der Waals surface area contributed by atoms with E-state index in [2.05, 4.69) is 12.1 Å². The fourth-order valence-electron chi connectivity index (χ4n) is 3.67. The Labute approximate surface area is 194 Å². The van der Waals surface area contributed by atoms with E-state index in [1.54, 1.807) is 0 Å². The Morgan fingerprint density at radius 2 is 1.78 bits per heavy atom. The summed E-state index contributed by atoms with van der Waals surface area (Å²) in [5.41, 5.74) is 3.55. The van der Waals surface area contributed by atoms with Gasteiger partial charge in [0.05, 0.1) is 17.1 Å². The maximum Gasteiger partial charge on any atom is 0.338 e. The van der Waals surface area contributed by atoms with Gasteiger partial charge in [0.2, 0.25) is 0 Å². The van der Waals surface area contributed by atoms with Gasteiger partial charge in [0.25, 0.3) is 0 Å². The number of benzene rings is 2. The Balaban J connectivity index is 0.00000141. The predicted octanol–water partition coefficient (Wildman–Crippen LogP) is 7.37. The Kier molecular flexibility index (Phi) is 7.75. The molecule has 5 heteroatoms. The fourth-order valence-corrected chi connectivity index (χ4v) is 4.88. The molecule has 1 aliphatic heterocycles. The molecule has 0 bridgehead atoms. The van der Waals surface area contributed by atoms with Crippen molar-refractivity contribution in [1.82, 2.24) is 0 Å². The SMILES string of the molecule is CC.CC(C)(C)OC(C(=O)O)c1sc(-c2ccccc2)cc1-c1ccc2c(c1)CCCO2. The van der Waals surface area contributed by atoms with Gasteiger partial charge in [0.15, 0.2) is 6.10 Å². The van der Waals surface area contributed by atoms with Gasteiger partial charge in [-0.05, 0) is 74.1 Å². The highest BCUT2D eigenvalue weighted by Crippen LogP contribution is 2.44. The summed E-state index contributed by atoms with van der Waals surface area (Å²) in [4.78, 5) is 13.9. The topological polar surface area (TPSA) is 55.8 Å². The number of carbonyl (C=O) groups is 1. The van der Waals surface area contributed by atoms with Crippen LogP contribution in [0.15, 0.2) is 54.6 Å². The Bertz CT molecular complexity index is 1050. The van der Waals surface area contributed by atoms with E-state index in [1.165, 1.54) is 16.9 Å². The van der Waals surface area contributed by atoms with Crippen molar-refractivity contribution in [3.05, 3.63) is 65.0 Å². The lowest BCUT2D eigenvalue weighted by Gasteiger charge is -2.25. The number of hydrogen-bond donors (Lipinski definition) is 1. The van der Waals surface area contributed by atoms with Crippen LogP contribution in [0.4, 0.5) is 0 Å². The van der Waals surface area contributed by atoms with Gasteiger partial charge in [-0.2, -0.15) is 0 Å². The monoisotopic (exact) mass is 452 g/mol. The number of ether oxygens (including phenoxy) is 2. The van der Waals surface area contributed by atoms with E-state index in [1.807, 2.05) is 77.1 Å². The zero-order valence-corrected chi connectivity index (χ0v) is 20.3. The molecule has 3 aromatic rings. The largest absolute Gasteiger partial charge is 0.493 e. The van der Waals surface area contributed by atoms with E-state index in [0.29, 0.717) is 4.88 Å². The first-order valence-electron chi connectivity index (χ1n) is 11.2. The Morgan fingerprint density at radius 1 is 1.06 bits per heavy atom. The van der Waals surface area contributed by atoms with Crippen molar-refractivity contribution < 1.29 is 19.4 Å². The van der Waals surface area contributed by atoms with Gasteiger partial charge in [0.1, 0.15) is 5.75 Å². The van der Waals surface area contributed by atoms with Crippen LogP contribution < -0.4 is 4.74 Å². The number of thiophene rings is 1. The highest BCUT2D eigenvalue weighted by molar-refractivity contribution is 7.16. The van der Waals surface area contributed by atoms with E-state index in [9.17, 15) is 9.90 Å². The molecule has 4 nitrogen and oxygen atoms in total. The van der Waals surface area contributed by atoms with Crippen LogP contribution in [0.2, 0.25) is 0 Å². The minimum absolute atomic E-state index is 0.582. The summed E-state index contributed by atoms with van der Waals surface area (Å²) in [5.74, 6) is -0.0558. The summed E-state index contributed by atoms with van der Waals surface area (Å²) in [6.45, 7) is 10.4. The number of carboxylic acid groups (broad SMARTS) is 1. The molecule has 32 heavy (non-hydrogen) atoms. The molecule has 4 rings (SSSR count). The van der Waals surface area contributed by atoms with E-state index >= 15 is 0 Å². The highest BCUT2D eigenvalue weighted by Gasteiger charge is 2.31. The lowest BCUT2D eigenvalue weighted by Crippen LogP contribution is -2.27. The second-order valence-electron chi connectivity index (χ2n) is 8.48. The molecular formula is C27H32O4S. The van der Waals surface area contributed by atoms with Crippen molar-refractivity contribution in [2.45, 2.75) is 59.2 Å². The van der Waals surface area contributed by atoms with Crippen LogP contribution in [0, 0.1) is 0 Å². The molecule has 1 unspecified atom stereocenters. The predicted molar refractivity (Wildman–Crippen MR) is 132 cm³/mol. The van der Waals surface area contributed by atoms with Crippen molar-refractivity contribution in [3.8, 4) is 27.3 Å². The molecule has 0 saturated carbocycles. The lowest BCUT2D eigenvalue weighted by molar-refractivity contribution is -0.160. The van der Waals surface area contributed by atoms with Crippen LogP contribution in [0.5, 0.6) is 5.75 Å². The number of hydrogen-bond acceptors (Lipinski definition) is 4. The second-order valence-corrected chi connectivity index (χ2v) is 9.56. The average molecular weight is 453 g/mol. The van der Waals surface area contributed by atoms with Crippen LogP contribution in [0.3, 0.4) is 0 Å². The van der Waals surface area contributed by atoms with E-state index in [0.717, 1.165) is 46.8 Å². The van der Waals surface area contributed by atoms with Crippen molar-refractivity contribution in [3.63, 3.8) is 0 Å². The summed E-state index contributed by atoms with van der Waals surface area (Å²) in [6, 6.07) is 18.3. The number of fused-ring (bicyclic) bond motifs is 1. The normalized spacial score (nSPS) is 13.9. The van der Waals surface area contributed by atoms with Crippen LogP contribution in [0.1, 0.15) is 57.6 Å². The van der Waals surface area contributed by atoms with Crippen LogP contribution in [-0.2, 0) is 16.0 Å². The van der Waals surface area contributed by atoms with Gasteiger partial charge in [-0.3, -0.25) is 0 Å². The van der Waals surface area contributed by atoms with Gasteiger partial charge in [0, 0.05) is 4.88 Å². The maximum absolute atomic E-state index is 12.2. The quantitative estimate of drug-likeness (QED) is 0.439. The standard InChI is InChI=1S/C25H26O4S.C2H6/c1-25(2,3)29-22(24(26)27)23-19(15-21(30-23)16-8-5-4-6-9-16)17-11-12-20-18(14-17)10-7-13-28-20;1-2/h4-6,8-9,11-12,14-15,22H,7,10,13H2,1-3H3,(H,26,27);1-2H3. The van der Waals surface area contributed by atoms with Crippen LogP contribution in [-0.4, -0.2) is 23.3 Å². The maximum atomic E-state index is 12.2. The average Bonchev–Trinajstić information content (AvgIpc) is 3.23. The fraction of sp³-hybridized carbons (Fsp3) is 0.370. The minimum Gasteiger partial charge on any atom is -0.493 e. The van der Waals surface area contributed by atoms with Gasteiger partial charge in [-0.15, -0.1) is 11.3 Å². The Hall–Kier alpha value is -2.63. The third kappa shape index (κ3) is 5.59. The number of aryl methyl sites for hydroxylation is 1. The summed E-state index contributed by atoms with van der Waals surface area (Å²) < 4.78 is 11.7. The lowest BCUT2D eigenvalue weighted by atomic mass is 9.97. The smallest absolute Gasteiger partial charge is 0.338 e. The van der Waals surface area contributed by atoms with E-state index < -0.39 is 17.7 Å². The molecule has 0 amide bonds. The van der Waals surface area contributed by atoms with Gasteiger partial charge >= 0.3 is 5.97 Å². The van der Waals surface area contributed by atoms with Gasteiger partial charge in [-0.25, -0.2) is 4.79 Å². The van der Waals surface area contributed by atoms with Gasteiger partial charge < -0.3 is 14.6 Å². The first kappa shape index (κ1) is 24.0. The molecule has 1 aliphatic rings. The van der Waals surface area contributed by atoms with E-state index in [-0.39, 0.29) is 0 Å². The first-order valence-corrected chi connectivity index (χ1v) is 12.0. The number of aliphatic carboxylic acids is 1. The zero-order valence-electron chi connectivity index (χ0n) is 19.5.